The van der Waals surface area contributed by atoms with Crippen molar-refractivity contribution < 1.29 is 9.94 Å². The molecule has 1 aromatic carbocycles. The Bertz CT molecular complexity index is 389. The number of oxime groups is 1. The summed E-state index contributed by atoms with van der Waals surface area (Å²) < 4.78 is 5.71. The van der Waals surface area contributed by atoms with Gasteiger partial charge in [0.1, 0.15) is 0 Å². The summed E-state index contributed by atoms with van der Waals surface area (Å²) >= 11 is 0. The fourth-order valence-electron chi connectivity index (χ4n) is 1.30. The molecule has 1 aromatic rings. The number of hydrogen-bond acceptors (Lipinski definition) is 3. The van der Waals surface area contributed by atoms with Crippen molar-refractivity contribution >= 4 is 5.84 Å². The van der Waals surface area contributed by atoms with E-state index in [-0.39, 0.29) is 11.9 Å². The van der Waals surface area contributed by atoms with Gasteiger partial charge in [-0.1, -0.05) is 37.2 Å². The van der Waals surface area contributed by atoms with Gasteiger partial charge in [-0.05, 0) is 24.5 Å². The zero-order valence-electron chi connectivity index (χ0n) is 10.6. The quantitative estimate of drug-likeness (QED) is 0.357. The SMILES string of the molecule is CC(C)C(C)OCc1cccc(C(N)=NO)c1. The van der Waals surface area contributed by atoms with Crippen LogP contribution < -0.4 is 5.73 Å². The molecular weight excluding hydrogens is 216 g/mol. The Hall–Kier alpha value is -1.55. The van der Waals surface area contributed by atoms with E-state index in [2.05, 4.69) is 25.9 Å². The Balaban J connectivity index is 2.66. The average molecular weight is 236 g/mol. The Labute approximate surface area is 102 Å². The summed E-state index contributed by atoms with van der Waals surface area (Å²) in [6.45, 7) is 6.83. The molecule has 0 saturated heterocycles. The number of nitrogens with zero attached hydrogens (tertiary/aromatic N) is 1. The van der Waals surface area contributed by atoms with E-state index >= 15 is 0 Å². The second kappa shape index (κ2) is 6.25. The van der Waals surface area contributed by atoms with Crippen LogP contribution in [0.25, 0.3) is 0 Å². The number of hydrogen-bond donors (Lipinski definition) is 2. The molecule has 0 radical (unpaired) electrons. The lowest BCUT2D eigenvalue weighted by molar-refractivity contribution is 0.0235. The topological polar surface area (TPSA) is 67.8 Å². The number of amidine groups is 1. The minimum absolute atomic E-state index is 0.115. The van der Waals surface area contributed by atoms with Crippen LogP contribution in [0.3, 0.4) is 0 Å². The van der Waals surface area contributed by atoms with Crippen molar-refractivity contribution in [3.8, 4) is 0 Å². The highest BCUT2D eigenvalue weighted by molar-refractivity contribution is 5.97. The molecule has 4 heteroatoms. The van der Waals surface area contributed by atoms with Crippen LogP contribution in [0.2, 0.25) is 0 Å². The molecule has 0 spiro atoms. The molecule has 0 heterocycles. The van der Waals surface area contributed by atoms with E-state index in [0.717, 1.165) is 5.56 Å². The molecule has 0 bridgehead atoms. The zero-order chi connectivity index (χ0) is 12.8. The first-order valence-electron chi connectivity index (χ1n) is 5.73. The van der Waals surface area contributed by atoms with Crippen LogP contribution in [0, 0.1) is 5.92 Å². The number of ether oxygens (including phenoxy) is 1. The van der Waals surface area contributed by atoms with Gasteiger partial charge in [-0.2, -0.15) is 0 Å². The lowest BCUT2D eigenvalue weighted by Crippen LogP contribution is -2.16. The summed E-state index contributed by atoms with van der Waals surface area (Å²) in [5, 5.41) is 11.6. The standard InChI is InChI=1S/C13H20N2O2/c1-9(2)10(3)17-8-11-5-4-6-12(7-11)13(14)15-16/h4-7,9-10,16H,8H2,1-3H3,(H2,14,15). The Morgan fingerprint density at radius 2 is 2.12 bits per heavy atom. The van der Waals surface area contributed by atoms with Gasteiger partial charge in [0.15, 0.2) is 5.84 Å². The van der Waals surface area contributed by atoms with Crippen molar-refractivity contribution in [2.45, 2.75) is 33.5 Å². The Kier molecular flexibility index (Phi) is 4.97. The highest BCUT2D eigenvalue weighted by Crippen LogP contribution is 2.11. The molecule has 0 aromatic heterocycles. The predicted octanol–water partition coefficient (Wildman–Crippen LogP) is 2.34. The summed E-state index contributed by atoms with van der Waals surface area (Å²) in [4.78, 5) is 0. The maximum absolute atomic E-state index is 8.60. The largest absolute Gasteiger partial charge is 0.409 e. The van der Waals surface area contributed by atoms with E-state index in [9.17, 15) is 0 Å². The van der Waals surface area contributed by atoms with Gasteiger partial charge in [0, 0.05) is 5.56 Å². The molecule has 4 nitrogen and oxygen atoms in total. The van der Waals surface area contributed by atoms with Crippen LogP contribution in [0.15, 0.2) is 29.4 Å². The Morgan fingerprint density at radius 3 is 2.71 bits per heavy atom. The van der Waals surface area contributed by atoms with Crippen molar-refractivity contribution in [2.24, 2.45) is 16.8 Å². The molecule has 1 rings (SSSR count). The fraction of sp³-hybridized carbons (Fsp3) is 0.462. The first kappa shape index (κ1) is 13.5. The molecule has 1 unspecified atom stereocenters. The van der Waals surface area contributed by atoms with Gasteiger partial charge in [0.25, 0.3) is 0 Å². The van der Waals surface area contributed by atoms with Gasteiger partial charge in [-0.25, -0.2) is 0 Å². The number of nitrogens with two attached hydrogens (primary N) is 1. The monoisotopic (exact) mass is 236 g/mol. The first-order valence-corrected chi connectivity index (χ1v) is 5.73. The van der Waals surface area contributed by atoms with Crippen LogP contribution in [0.5, 0.6) is 0 Å². The Morgan fingerprint density at radius 1 is 1.41 bits per heavy atom. The molecule has 0 fully saturated rings. The van der Waals surface area contributed by atoms with Crippen molar-refractivity contribution in [2.75, 3.05) is 0 Å². The summed E-state index contributed by atoms with van der Waals surface area (Å²) in [5.74, 6) is 0.603. The van der Waals surface area contributed by atoms with E-state index in [1.807, 2.05) is 18.2 Å². The number of benzene rings is 1. The van der Waals surface area contributed by atoms with E-state index in [1.165, 1.54) is 0 Å². The molecule has 0 saturated carbocycles. The summed E-state index contributed by atoms with van der Waals surface area (Å²) in [7, 11) is 0. The number of rotatable bonds is 5. The molecule has 94 valence electrons. The molecule has 3 N–H and O–H groups in total. The maximum Gasteiger partial charge on any atom is 0.170 e. The van der Waals surface area contributed by atoms with Gasteiger partial charge < -0.3 is 15.7 Å². The van der Waals surface area contributed by atoms with Gasteiger partial charge >= 0.3 is 0 Å². The molecular formula is C13H20N2O2. The zero-order valence-corrected chi connectivity index (χ0v) is 10.6. The normalized spacial score (nSPS) is 14.0. The van der Waals surface area contributed by atoms with E-state index in [0.29, 0.717) is 18.1 Å². The molecule has 17 heavy (non-hydrogen) atoms. The van der Waals surface area contributed by atoms with E-state index < -0.39 is 0 Å². The lowest BCUT2D eigenvalue weighted by Gasteiger charge is -2.16. The van der Waals surface area contributed by atoms with Crippen LogP contribution in [0.4, 0.5) is 0 Å². The summed E-state index contributed by atoms with van der Waals surface area (Å²) in [6, 6.07) is 7.49. The first-order chi connectivity index (χ1) is 8.04. The predicted molar refractivity (Wildman–Crippen MR) is 68.0 cm³/mol. The van der Waals surface area contributed by atoms with E-state index in [4.69, 9.17) is 15.7 Å². The fourth-order valence-corrected chi connectivity index (χ4v) is 1.30. The van der Waals surface area contributed by atoms with Crippen molar-refractivity contribution in [3.05, 3.63) is 35.4 Å². The van der Waals surface area contributed by atoms with Crippen molar-refractivity contribution in [1.82, 2.24) is 0 Å². The molecule has 0 aliphatic carbocycles. The van der Waals surface area contributed by atoms with Gasteiger partial charge in [-0.15, -0.1) is 0 Å². The molecule has 0 amide bonds. The molecule has 1 atom stereocenters. The minimum atomic E-state index is 0.115. The average Bonchev–Trinajstić information content (AvgIpc) is 2.35. The summed E-state index contributed by atoms with van der Waals surface area (Å²) in [5.41, 5.74) is 7.24. The second-order valence-corrected chi connectivity index (χ2v) is 4.45. The highest BCUT2D eigenvalue weighted by Gasteiger charge is 2.07. The third-order valence-electron chi connectivity index (χ3n) is 2.78. The maximum atomic E-state index is 8.60. The van der Waals surface area contributed by atoms with E-state index in [1.54, 1.807) is 6.07 Å². The van der Waals surface area contributed by atoms with Crippen LogP contribution in [-0.4, -0.2) is 17.1 Å². The van der Waals surface area contributed by atoms with Crippen LogP contribution >= 0.6 is 0 Å². The van der Waals surface area contributed by atoms with Crippen molar-refractivity contribution in [3.63, 3.8) is 0 Å². The smallest absolute Gasteiger partial charge is 0.170 e. The third kappa shape index (κ3) is 4.07. The van der Waals surface area contributed by atoms with Gasteiger partial charge in [0.05, 0.1) is 12.7 Å². The molecule has 0 aliphatic rings. The van der Waals surface area contributed by atoms with Gasteiger partial charge in [0.2, 0.25) is 0 Å². The van der Waals surface area contributed by atoms with Crippen LogP contribution in [0.1, 0.15) is 31.9 Å². The summed E-state index contributed by atoms with van der Waals surface area (Å²) in [6.07, 6.45) is 0.211. The minimum Gasteiger partial charge on any atom is -0.409 e. The third-order valence-corrected chi connectivity index (χ3v) is 2.78. The lowest BCUT2D eigenvalue weighted by atomic mass is 10.1. The second-order valence-electron chi connectivity index (χ2n) is 4.45. The van der Waals surface area contributed by atoms with Gasteiger partial charge in [-0.3, -0.25) is 0 Å². The van der Waals surface area contributed by atoms with Crippen LogP contribution in [-0.2, 0) is 11.3 Å². The molecule has 0 aliphatic heterocycles. The highest BCUT2D eigenvalue weighted by atomic mass is 16.5. The van der Waals surface area contributed by atoms with Crippen molar-refractivity contribution in [1.29, 1.82) is 0 Å².